The van der Waals surface area contributed by atoms with Gasteiger partial charge in [0.2, 0.25) is 0 Å². The van der Waals surface area contributed by atoms with E-state index in [0.29, 0.717) is 0 Å². The van der Waals surface area contributed by atoms with Crippen molar-refractivity contribution in [1.82, 2.24) is 0 Å². The molecule has 0 fully saturated rings. The van der Waals surface area contributed by atoms with Crippen molar-refractivity contribution in [1.29, 1.82) is 0 Å². The fraction of sp³-hybridized carbons (Fsp3) is 0.118. The lowest BCUT2D eigenvalue weighted by Crippen LogP contribution is -1.99. The molecule has 2 aromatic rings. The van der Waals surface area contributed by atoms with Crippen molar-refractivity contribution in [3.05, 3.63) is 70.8 Å². The number of ketones is 1. The first-order valence-electron chi connectivity index (χ1n) is 6.42. The van der Waals surface area contributed by atoms with Crippen LogP contribution in [0.4, 0.5) is 5.69 Å². The van der Waals surface area contributed by atoms with E-state index in [0.717, 1.165) is 28.4 Å². The molecule has 2 aromatic carbocycles. The Morgan fingerprint density at radius 1 is 1.10 bits per heavy atom. The fourth-order valence-corrected chi connectivity index (χ4v) is 1.89. The molecule has 0 amide bonds. The topological polar surface area (TPSA) is 29.1 Å². The van der Waals surface area contributed by atoms with E-state index in [2.05, 4.69) is 5.32 Å². The summed E-state index contributed by atoms with van der Waals surface area (Å²) in [4.78, 5) is 11.2. The van der Waals surface area contributed by atoms with Gasteiger partial charge in [0.25, 0.3) is 0 Å². The van der Waals surface area contributed by atoms with Crippen LogP contribution in [0.5, 0.6) is 0 Å². The summed E-state index contributed by atoms with van der Waals surface area (Å²) in [5.74, 6) is 0.0826. The van der Waals surface area contributed by atoms with E-state index in [-0.39, 0.29) is 5.78 Å². The standard InChI is InChI=1S/C17H16ClNO/c1-13(20)15-6-10-17(11-7-15)19-12-2-3-14-4-8-16(18)9-5-14/h2-11,19H,12H2,1H3/b3-2+. The Hall–Kier alpha value is -2.06. The number of benzene rings is 2. The van der Waals surface area contributed by atoms with E-state index in [4.69, 9.17) is 11.6 Å². The third-order valence-electron chi connectivity index (χ3n) is 2.90. The number of hydrogen-bond donors (Lipinski definition) is 1. The zero-order chi connectivity index (χ0) is 14.4. The molecule has 0 bridgehead atoms. The molecule has 0 saturated carbocycles. The number of nitrogens with one attached hydrogen (secondary N) is 1. The van der Waals surface area contributed by atoms with Crippen LogP contribution in [0.1, 0.15) is 22.8 Å². The highest BCUT2D eigenvalue weighted by Crippen LogP contribution is 2.11. The Kier molecular flexibility index (Phi) is 4.97. The molecule has 3 heteroatoms. The van der Waals surface area contributed by atoms with E-state index in [1.165, 1.54) is 0 Å². The first-order valence-corrected chi connectivity index (χ1v) is 6.80. The number of anilines is 1. The summed E-state index contributed by atoms with van der Waals surface area (Å²) in [6.07, 6.45) is 4.08. The van der Waals surface area contributed by atoms with Crippen LogP contribution >= 0.6 is 11.6 Å². The number of halogens is 1. The van der Waals surface area contributed by atoms with Crippen LogP contribution in [0.3, 0.4) is 0 Å². The van der Waals surface area contributed by atoms with Gasteiger partial charge in [-0.05, 0) is 48.9 Å². The smallest absolute Gasteiger partial charge is 0.159 e. The van der Waals surface area contributed by atoms with Crippen molar-refractivity contribution in [3.63, 3.8) is 0 Å². The number of carbonyl (C=O) groups excluding carboxylic acids is 1. The van der Waals surface area contributed by atoms with Crippen molar-refractivity contribution < 1.29 is 4.79 Å². The highest BCUT2D eigenvalue weighted by molar-refractivity contribution is 6.30. The quantitative estimate of drug-likeness (QED) is 0.809. The van der Waals surface area contributed by atoms with Gasteiger partial charge in [0.05, 0.1) is 0 Å². The van der Waals surface area contributed by atoms with E-state index < -0.39 is 0 Å². The second kappa shape index (κ2) is 6.92. The summed E-state index contributed by atoms with van der Waals surface area (Å²) >= 11 is 5.83. The molecule has 0 atom stereocenters. The van der Waals surface area contributed by atoms with Crippen LogP contribution in [-0.2, 0) is 0 Å². The SMILES string of the molecule is CC(=O)c1ccc(NC/C=C/c2ccc(Cl)cc2)cc1. The lowest BCUT2D eigenvalue weighted by Gasteiger charge is -2.03. The zero-order valence-electron chi connectivity index (χ0n) is 11.3. The Bertz CT molecular complexity index is 600. The Labute approximate surface area is 124 Å². The summed E-state index contributed by atoms with van der Waals surface area (Å²) in [6, 6.07) is 15.2. The van der Waals surface area contributed by atoms with Crippen molar-refractivity contribution in [2.45, 2.75) is 6.92 Å². The first-order chi connectivity index (χ1) is 9.65. The number of hydrogen-bond acceptors (Lipinski definition) is 2. The summed E-state index contributed by atoms with van der Waals surface area (Å²) in [7, 11) is 0. The molecule has 0 spiro atoms. The fourth-order valence-electron chi connectivity index (χ4n) is 1.77. The van der Waals surface area contributed by atoms with Gasteiger partial charge in [-0.1, -0.05) is 35.9 Å². The largest absolute Gasteiger partial charge is 0.382 e. The molecule has 0 heterocycles. The van der Waals surface area contributed by atoms with Crippen LogP contribution in [0.25, 0.3) is 6.08 Å². The Morgan fingerprint density at radius 2 is 1.75 bits per heavy atom. The highest BCUT2D eigenvalue weighted by Gasteiger charge is 1.97. The minimum Gasteiger partial charge on any atom is -0.382 e. The zero-order valence-corrected chi connectivity index (χ0v) is 12.0. The molecule has 0 radical (unpaired) electrons. The summed E-state index contributed by atoms with van der Waals surface area (Å²) in [5, 5.41) is 4.01. The van der Waals surface area contributed by atoms with E-state index in [1.54, 1.807) is 6.92 Å². The van der Waals surface area contributed by atoms with Gasteiger partial charge in [-0.3, -0.25) is 4.79 Å². The van der Waals surface area contributed by atoms with Gasteiger partial charge >= 0.3 is 0 Å². The van der Waals surface area contributed by atoms with Gasteiger partial charge in [0, 0.05) is 22.8 Å². The summed E-state index contributed by atoms with van der Waals surface area (Å²) in [6.45, 7) is 2.29. The Balaban J connectivity index is 1.86. The molecule has 0 aromatic heterocycles. The van der Waals surface area contributed by atoms with Gasteiger partial charge in [-0.15, -0.1) is 0 Å². The van der Waals surface area contributed by atoms with Crippen LogP contribution in [-0.4, -0.2) is 12.3 Å². The molecule has 20 heavy (non-hydrogen) atoms. The molecule has 2 rings (SSSR count). The van der Waals surface area contributed by atoms with Crippen LogP contribution in [0.2, 0.25) is 5.02 Å². The molecule has 2 nitrogen and oxygen atoms in total. The lowest BCUT2D eigenvalue weighted by atomic mass is 10.1. The van der Waals surface area contributed by atoms with Crippen LogP contribution < -0.4 is 5.32 Å². The third kappa shape index (κ3) is 4.25. The average molecular weight is 286 g/mol. The molecule has 0 aliphatic heterocycles. The van der Waals surface area contributed by atoms with E-state index in [1.807, 2.05) is 60.7 Å². The van der Waals surface area contributed by atoms with Crippen molar-refractivity contribution in [2.75, 3.05) is 11.9 Å². The molecule has 102 valence electrons. The van der Waals surface area contributed by atoms with Gasteiger partial charge in [-0.25, -0.2) is 0 Å². The molecule has 0 saturated heterocycles. The van der Waals surface area contributed by atoms with Crippen molar-refractivity contribution in [3.8, 4) is 0 Å². The molecule has 0 unspecified atom stereocenters. The molecule has 0 aliphatic carbocycles. The average Bonchev–Trinajstić information content (AvgIpc) is 2.46. The van der Waals surface area contributed by atoms with Gasteiger partial charge in [0.1, 0.15) is 0 Å². The van der Waals surface area contributed by atoms with Crippen molar-refractivity contribution >= 4 is 29.1 Å². The second-order valence-electron chi connectivity index (χ2n) is 4.47. The maximum Gasteiger partial charge on any atom is 0.159 e. The van der Waals surface area contributed by atoms with Crippen molar-refractivity contribution in [2.24, 2.45) is 0 Å². The minimum atomic E-state index is 0.0826. The monoisotopic (exact) mass is 285 g/mol. The molecular formula is C17H16ClNO. The molecular weight excluding hydrogens is 270 g/mol. The second-order valence-corrected chi connectivity index (χ2v) is 4.90. The first kappa shape index (κ1) is 14.4. The minimum absolute atomic E-state index is 0.0826. The highest BCUT2D eigenvalue weighted by atomic mass is 35.5. The lowest BCUT2D eigenvalue weighted by molar-refractivity contribution is 0.101. The number of carbonyl (C=O) groups is 1. The summed E-state index contributed by atoms with van der Waals surface area (Å²) < 4.78 is 0. The Morgan fingerprint density at radius 3 is 2.35 bits per heavy atom. The van der Waals surface area contributed by atoms with Crippen LogP contribution in [0, 0.1) is 0 Å². The molecule has 0 aliphatic rings. The number of rotatable bonds is 5. The maximum absolute atomic E-state index is 11.2. The van der Waals surface area contributed by atoms with Gasteiger partial charge in [0.15, 0.2) is 5.78 Å². The molecule has 1 N–H and O–H groups in total. The maximum atomic E-state index is 11.2. The number of Topliss-reactive ketones (excluding diaryl/α,β-unsaturated/α-hetero) is 1. The predicted molar refractivity (Wildman–Crippen MR) is 85.4 cm³/mol. The van der Waals surface area contributed by atoms with Gasteiger partial charge in [-0.2, -0.15) is 0 Å². The summed E-state index contributed by atoms with van der Waals surface area (Å²) in [5.41, 5.74) is 2.84. The van der Waals surface area contributed by atoms with E-state index in [9.17, 15) is 4.79 Å². The van der Waals surface area contributed by atoms with Crippen LogP contribution in [0.15, 0.2) is 54.6 Å². The van der Waals surface area contributed by atoms with E-state index >= 15 is 0 Å². The van der Waals surface area contributed by atoms with Gasteiger partial charge < -0.3 is 5.32 Å². The predicted octanol–water partition coefficient (Wildman–Crippen LogP) is 4.67. The normalized spacial score (nSPS) is 10.7. The third-order valence-corrected chi connectivity index (χ3v) is 3.15.